The van der Waals surface area contributed by atoms with Crippen LogP contribution in [0.1, 0.15) is 101 Å². The van der Waals surface area contributed by atoms with Crippen molar-refractivity contribution in [1.82, 2.24) is 20.0 Å². The average molecular weight is 673 g/mol. The van der Waals surface area contributed by atoms with Gasteiger partial charge in [-0.1, -0.05) is 120 Å². The number of hydrogen-bond donors (Lipinski definition) is 2. The molecule has 0 amide bonds. The predicted molar refractivity (Wildman–Crippen MR) is 207 cm³/mol. The SMILES string of the molecule is C=C/C(C(=NC)C(C)C(N)c1ccc2[nH]ncc2c1Cl)=C(C)\C=C/C.CCC.CCC(=O)c1cnn(C)c1.CCCc1cccc(C)c1. The molecular formula is C40H57ClN6O. The van der Waals surface area contributed by atoms with Crippen molar-refractivity contribution >= 4 is 34.0 Å². The number of halogens is 1. The van der Waals surface area contributed by atoms with Crippen molar-refractivity contribution < 1.29 is 4.79 Å². The largest absolute Gasteiger partial charge is 0.323 e. The zero-order chi connectivity index (χ0) is 36.2. The van der Waals surface area contributed by atoms with Crippen LogP contribution >= 0.6 is 11.6 Å². The summed E-state index contributed by atoms with van der Waals surface area (Å²) < 4.78 is 1.63. The second-order valence-corrected chi connectivity index (χ2v) is 12.0. The Labute approximate surface area is 294 Å². The number of nitrogens with zero attached hydrogens (tertiary/aromatic N) is 4. The van der Waals surface area contributed by atoms with E-state index in [1.807, 2.05) is 51.1 Å². The van der Waals surface area contributed by atoms with Crippen molar-refractivity contribution in [2.24, 2.45) is 23.7 Å². The highest BCUT2D eigenvalue weighted by Crippen LogP contribution is 2.34. The summed E-state index contributed by atoms with van der Waals surface area (Å²) in [6, 6.07) is 12.3. The number of ketones is 1. The molecule has 0 aliphatic carbocycles. The first kappa shape index (κ1) is 42.0. The number of nitrogens with one attached hydrogen (secondary N) is 1. The lowest BCUT2D eigenvalue weighted by molar-refractivity contribution is 0.0988. The number of benzene rings is 2. The van der Waals surface area contributed by atoms with Crippen LogP contribution < -0.4 is 5.73 Å². The van der Waals surface area contributed by atoms with Gasteiger partial charge in [-0.3, -0.25) is 19.6 Å². The molecule has 2 aromatic heterocycles. The van der Waals surface area contributed by atoms with Gasteiger partial charge in [-0.2, -0.15) is 10.2 Å². The molecule has 0 aliphatic rings. The molecule has 0 bridgehead atoms. The predicted octanol–water partition coefficient (Wildman–Crippen LogP) is 10.4. The van der Waals surface area contributed by atoms with Crippen LogP contribution in [0.3, 0.4) is 0 Å². The van der Waals surface area contributed by atoms with Crippen LogP contribution in [0.5, 0.6) is 0 Å². The smallest absolute Gasteiger partial charge is 0.165 e. The maximum atomic E-state index is 11.0. The fraction of sp³-hybridized carbons (Fsp3) is 0.400. The van der Waals surface area contributed by atoms with E-state index in [1.54, 1.807) is 37.4 Å². The van der Waals surface area contributed by atoms with Crippen LogP contribution in [0.2, 0.25) is 5.02 Å². The molecule has 2 aromatic carbocycles. The number of carbonyl (C=O) groups excluding carboxylic acids is 1. The number of hydrogen-bond acceptors (Lipinski definition) is 5. The third-order valence-corrected chi connectivity index (χ3v) is 7.87. The molecule has 7 nitrogen and oxygen atoms in total. The number of carbonyl (C=O) groups is 1. The van der Waals surface area contributed by atoms with Crippen LogP contribution in [-0.2, 0) is 13.5 Å². The molecule has 48 heavy (non-hydrogen) atoms. The zero-order valence-corrected chi connectivity index (χ0v) is 31.5. The van der Waals surface area contributed by atoms with Gasteiger partial charge >= 0.3 is 0 Å². The number of allylic oxidation sites excluding steroid dienone is 5. The number of aromatic amines is 1. The molecule has 260 valence electrons. The van der Waals surface area contributed by atoms with Gasteiger partial charge in [-0.05, 0) is 55.5 Å². The number of aliphatic imine (C=N–C) groups is 1. The molecule has 4 aromatic rings. The molecule has 0 saturated heterocycles. The molecule has 2 unspecified atom stereocenters. The number of aryl methyl sites for hydroxylation is 3. The Hall–Kier alpha value is -4.07. The summed E-state index contributed by atoms with van der Waals surface area (Å²) in [7, 11) is 3.58. The maximum absolute atomic E-state index is 11.0. The topological polar surface area (TPSA) is 102 Å². The van der Waals surface area contributed by atoms with Crippen molar-refractivity contribution in [3.8, 4) is 0 Å². The lowest BCUT2D eigenvalue weighted by Crippen LogP contribution is -2.27. The Balaban J connectivity index is 0.000000408. The Morgan fingerprint density at radius 2 is 1.85 bits per heavy atom. The normalized spacial score (nSPS) is 12.9. The Kier molecular flexibility index (Phi) is 19.7. The third-order valence-electron chi connectivity index (χ3n) is 7.45. The van der Waals surface area contributed by atoms with E-state index in [0.29, 0.717) is 17.0 Å². The van der Waals surface area contributed by atoms with Crippen LogP contribution in [0.25, 0.3) is 10.9 Å². The fourth-order valence-corrected chi connectivity index (χ4v) is 5.34. The van der Waals surface area contributed by atoms with Gasteiger partial charge in [-0.15, -0.1) is 0 Å². The van der Waals surface area contributed by atoms with Gasteiger partial charge in [0, 0.05) is 49.8 Å². The molecule has 2 heterocycles. The third kappa shape index (κ3) is 12.9. The summed E-state index contributed by atoms with van der Waals surface area (Å²) in [5.74, 6) is 0.119. The van der Waals surface area contributed by atoms with Gasteiger partial charge in [0.05, 0.1) is 28.5 Å². The number of fused-ring (bicyclic) bond motifs is 1. The van der Waals surface area contributed by atoms with E-state index in [2.05, 4.69) is 85.8 Å². The Morgan fingerprint density at radius 3 is 2.38 bits per heavy atom. The summed E-state index contributed by atoms with van der Waals surface area (Å²) in [5, 5.41) is 12.4. The standard InChI is InChI=1S/C20H25ClN4.C10H14.C7H10N2O.C3H8/c1-6-8-12(3)14(7-2)20(23-5)13(4)19(22)15-9-10-17-16(18(15)21)11-24-25-17;1-3-5-10-7-4-6-9(2)8-10;1-3-7(10)6-4-8-9(2)5-6;1-3-2/h6-11,13,19H,2,22H2,1,3-5H3,(H,24,25);4,6-8H,3,5H2,1-2H3;4-5H,3H2,1-2H3;3H2,1-2H3/b8-6-,14-12+,23-20?;;;. The first-order valence-electron chi connectivity index (χ1n) is 16.8. The van der Waals surface area contributed by atoms with E-state index in [-0.39, 0.29) is 17.7 Å². The van der Waals surface area contributed by atoms with E-state index < -0.39 is 0 Å². The van der Waals surface area contributed by atoms with Crippen molar-refractivity contribution in [2.45, 2.75) is 87.1 Å². The van der Waals surface area contributed by atoms with Crippen molar-refractivity contribution in [3.05, 3.63) is 118 Å². The molecule has 0 aliphatic heterocycles. The molecule has 4 rings (SSSR count). The highest BCUT2D eigenvalue weighted by molar-refractivity contribution is 6.36. The highest BCUT2D eigenvalue weighted by Gasteiger charge is 2.25. The van der Waals surface area contributed by atoms with Gasteiger partial charge in [0.15, 0.2) is 5.78 Å². The monoisotopic (exact) mass is 672 g/mol. The summed E-state index contributed by atoms with van der Waals surface area (Å²) in [5.41, 5.74) is 14.9. The number of Topliss-reactive ketones (excluding diaryl/α,β-unsaturated/α-hetero) is 1. The number of nitrogens with two attached hydrogens (primary N) is 1. The molecule has 3 N–H and O–H groups in total. The summed E-state index contributed by atoms with van der Waals surface area (Å²) in [6.07, 6.45) is 15.2. The van der Waals surface area contributed by atoms with Gasteiger partial charge < -0.3 is 5.73 Å². The van der Waals surface area contributed by atoms with Gasteiger partial charge in [0.2, 0.25) is 0 Å². The minimum atomic E-state index is -0.293. The second-order valence-electron chi connectivity index (χ2n) is 11.6. The summed E-state index contributed by atoms with van der Waals surface area (Å²) >= 11 is 6.57. The average Bonchev–Trinajstić information content (AvgIpc) is 3.74. The van der Waals surface area contributed by atoms with Crippen LogP contribution in [0, 0.1) is 12.8 Å². The van der Waals surface area contributed by atoms with Crippen LogP contribution in [0.15, 0.2) is 95.9 Å². The molecular weight excluding hydrogens is 616 g/mol. The van der Waals surface area contributed by atoms with Crippen LogP contribution in [0.4, 0.5) is 0 Å². The molecule has 2 atom stereocenters. The zero-order valence-electron chi connectivity index (χ0n) is 30.8. The van der Waals surface area contributed by atoms with E-state index in [1.165, 1.54) is 30.4 Å². The van der Waals surface area contributed by atoms with Crippen LogP contribution in [-0.4, -0.2) is 38.5 Å². The van der Waals surface area contributed by atoms with Crippen molar-refractivity contribution in [1.29, 1.82) is 0 Å². The molecule has 8 heteroatoms. The number of H-pyrrole nitrogens is 1. The molecule has 0 fully saturated rings. The van der Waals surface area contributed by atoms with Gasteiger partial charge in [-0.25, -0.2) is 0 Å². The van der Waals surface area contributed by atoms with E-state index >= 15 is 0 Å². The molecule has 0 spiro atoms. The van der Waals surface area contributed by atoms with Gasteiger partial charge in [0.25, 0.3) is 0 Å². The summed E-state index contributed by atoms with van der Waals surface area (Å²) in [4.78, 5) is 15.5. The lowest BCUT2D eigenvalue weighted by Gasteiger charge is -2.24. The van der Waals surface area contributed by atoms with Crippen molar-refractivity contribution in [2.75, 3.05) is 7.05 Å². The number of aromatic nitrogens is 4. The van der Waals surface area contributed by atoms with E-state index in [0.717, 1.165) is 33.3 Å². The van der Waals surface area contributed by atoms with Crippen molar-refractivity contribution in [3.63, 3.8) is 0 Å². The second kappa shape index (κ2) is 22.5. The lowest BCUT2D eigenvalue weighted by atomic mass is 9.86. The first-order valence-corrected chi connectivity index (χ1v) is 17.2. The fourth-order valence-electron chi connectivity index (χ4n) is 5.00. The van der Waals surface area contributed by atoms with E-state index in [9.17, 15) is 4.79 Å². The minimum Gasteiger partial charge on any atom is -0.323 e. The number of rotatable bonds is 10. The quantitative estimate of drug-likeness (QED) is 0.0994. The van der Waals surface area contributed by atoms with E-state index in [4.69, 9.17) is 17.3 Å². The minimum absolute atomic E-state index is 0.0277. The Morgan fingerprint density at radius 1 is 1.17 bits per heavy atom. The molecule has 0 saturated carbocycles. The van der Waals surface area contributed by atoms with Gasteiger partial charge in [0.1, 0.15) is 0 Å². The maximum Gasteiger partial charge on any atom is 0.165 e. The first-order chi connectivity index (χ1) is 22.9. The highest BCUT2D eigenvalue weighted by atomic mass is 35.5. The molecule has 0 radical (unpaired) electrons. The Bertz CT molecular complexity index is 1660. The summed E-state index contributed by atoms with van der Waals surface area (Å²) in [6.45, 7) is 20.5.